The molecule has 1 N–H and O–H groups in total. The maximum Gasteiger partial charge on any atom is 0.417 e. The van der Waals surface area contributed by atoms with Crippen LogP contribution in [-0.2, 0) is 6.18 Å². The Morgan fingerprint density at radius 3 is 1.89 bits per heavy atom. The second kappa shape index (κ2) is 8.48. The van der Waals surface area contributed by atoms with E-state index in [1.165, 1.54) is 12.1 Å². The van der Waals surface area contributed by atoms with E-state index in [0.29, 0.717) is 0 Å². The van der Waals surface area contributed by atoms with E-state index < -0.39 is 22.7 Å². The van der Waals surface area contributed by atoms with Crippen molar-refractivity contribution in [2.24, 2.45) is 0 Å². The first-order valence-corrected chi connectivity index (χ1v) is 8.99. The van der Waals surface area contributed by atoms with Crippen LogP contribution in [0.4, 0.5) is 13.2 Å². The molecule has 0 aliphatic heterocycles. The van der Waals surface area contributed by atoms with Crippen molar-refractivity contribution < 1.29 is 18.0 Å². The van der Waals surface area contributed by atoms with Gasteiger partial charge in [0, 0.05) is 12.5 Å². The summed E-state index contributed by atoms with van der Waals surface area (Å²) in [4.78, 5) is 12.5. The lowest BCUT2D eigenvalue weighted by atomic mass is 9.91. The molecule has 0 aliphatic rings. The van der Waals surface area contributed by atoms with Crippen LogP contribution in [0.15, 0.2) is 78.9 Å². The second-order valence-corrected chi connectivity index (χ2v) is 6.63. The van der Waals surface area contributed by atoms with E-state index >= 15 is 0 Å². The van der Waals surface area contributed by atoms with Crippen molar-refractivity contribution in [1.82, 2.24) is 5.32 Å². The number of hydrogen-bond acceptors (Lipinski definition) is 1. The van der Waals surface area contributed by atoms with Crippen LogP contribution in [0, 0.1) is 0 Å². The Morgan fingerprint density at radius 2 is 1.39 bits per heavy atom. The van der Waals surface area contributed by atoms with Gasteiger partial charge in [-0.15, -0.1) is 0 Å². The van der Waals surface area contributed by atoms with Crippen molar-refractivity contribution >= 4 is 17.5 Å². The quantitative estimate of drug-likeness (QED) is 0.562. The van der Waals surface area contributed by atoms with Crippen molar-refractivity contribution in [2.75, 3.05) is 6.54 Å². The molecule has 0 atom stereocenters. The zero-order valence-electron chi connectivity index (χ0n) is 14.7. The van der Waals surface area contributed by atoms with Gasteiger partial charge >= 0.3 is 6.18 Å². The van der Waals surface area contributed by atoms with Gasteiger partial charge in [0.05, 0.1) is 16.1 Å². The zero-order valence-corrected chi connectivity index (χ0v) is 15.5. The molecule has 2 nitrogen and oxygen atoms in total. The number of rotatable bonds is 5. The lowest BCUT2D eigenvalue weighted by Gasteiger charge is -2.19. The van der Waals surface area contributed by atoms with Gasteiger partial charge in [0.1, 0.15) is 0 Å². The predicted octanol–water partition coefficient (Wildman–Crippen LogP) is 5.92. The summed E-state index contributed by atoms with van der Waals surface area (Å²) in [6, 6.07) is 22.5. The van der Waals surface area contributed by atoms with Crippen LogP contribution in [0.2, 0.25) is 5.02 Å². The van der Waals surface area contributed by atoms with Gasteiger partial charge in [-0.1, -0.05) is 78.3 Å². The highest BCUT2D eigenvalue weighted by molar-refractivity contribution is 6.34. The molecule has 0 unspecified atom stereocenters. The van der Waals surface area contributed by atoms with Crippen LogP contribution in [0.5, 0.6) is 0 Å². The smallest absolute Gasteiger partial charge is 0.351 e. The molecule has 0 aromatic heterocycles. The van der Waals surface area contributed by atoms with Crippen molar-refractivity contribution in [2.45, 2.75) is 12.1 Å². The molecule has 3 aromatic rings. The summed E-state index contributed by atoms with van der Waals surface area (Å²) in [6.45, 7) is 0.222. The predicted molar refractivity (Wildman–Crippen MR) is 104 cm³/mol. The van der Waals surface area contributed by atoms with Gasteiger partial charge in [0.2, 0.25) is 0 Å². The summed E-state index contributed by atoms with van der Waals surface area (Å²) in [7, 11) is 0. The van der Waals surface area contributed by atoms with Crippen LogP contribution >= 0.6 is 11.6 Å². The molecule has 0 saturated heterocycles. The first-order chi connectivity index (χ1) is 13.4. The second-order valence-electron chi connectivity index (χ2n) is 6.25. The van der Waals surface area contributed by atoms with E-state index in [1.807, 2.05) is 60.7 Å². The summed E-state index contributed by atoms with van der Waals surface area (Å²) >= 11 is 5.86. The van der Waals surface area contributed by atoms with Gasteiger partial charge in [0.25, 0.3) is 5.91 Å². The average molecular weight is 404 g/mol. The summed E-state index contributed by atoms with van der Waals surface area (Å²) in [6.07, 6.45) is -4.62. The van der Waals surface area contributed by atoms with Gasteiger partial charge in [-0.2, -0.15) is 13.2 Å². The highest BCUT2D eigenvalue weighted by Gasteiger charge is 2.34. The summed E-state index contributed by atoms with van der Waals surface area (Å²) < 4.78 is 39.1. The topological polar surface area (TPSA) is 29.1 Å². The van der Waals surface area contributed by atoms with E-state index in [2.05, 4.69) is 5.32 Å². The number of halogens is 4. The highest BCUT2D eigenvalue weighted by Crippen LogP contribution is 2.36. The highest BCUT2D eigenvalue weighted by atomic mass is 35.5. The van der Waals surface area contributed by atoms with Crippen LogP contribution in [0.1, 0.15) is 33.0 Å². The fourth-order valence-electron chi connectivity index (χ4n) is 3.02. The molecule has 0 radical (unpaired) electrons. The Balaban J connectivity index is 1.84. The lowest BCUT2D eigenvalue weighted by molar-refractivity contribution is -0.137. The molecule has 1 amide bonds. The van der Waals surface area contributed by atoms with Crippen molar-refractivity contribution in [3.05, 3.63) is 106 Å². The fraction of sp³-hybridized carbons (Fsp3) is 0.136. The van der Waals surface area contributed by atoms with Crippen LogP contribution in [0.3, 0.4) is 0 Å². The van der Waals surface area contributed by atoms with E-state index in [4.69, 9.17) is 11.6 Å². The third kappa shape index (κ3) is 4.54. The van der Waals surface area contributed by atoms with E-state index in [-0.39, 0.29) is 18.0 Å². The molecule has 0 fully saturated rings. The third-order valence-electron chi connectivity index (χ3n) is 4.42. The molecular formula is C22H17ClF3NO. The Bertz CT molecular complexity index is 904. The molecule has 0 aliphatic carbocycles. The molecule has 0 spiro atoms. The number of hydrogen-bond donors (Lipinski definition) is 1. The minimum atomic E-state index is -4.62. The average Bonchev–Trinajstić information content (AvgIpc) is 2.69. The van der Waals surface area contributed by atoms with Crippen LogP contribution in [-0.4, -0.2) is 12.5 Å². The normalized spacial score (nSPS) is 11.5. The zero-order chi connectivity index (χ0) is 20.1. The first-order valence-electron chi connectivity index (χ1n) is 8.61. The van der Waals surface area contributed by atoms with Gasteiger partial charge in [-0.3, -0.25) is 4.79 Å². The standard InChI is InChI=1S/C22H17ClF3NO/c23-20-17(12-7-13-19(20)22(24,25)26)21(28)27-14-18(15-8-3-1-4-9-15)16-10-5-2-6-11-16/h1-13,18H,14H2,(H,27,28). The Morgan fingerprint density at radius 1 is 0.857 bits per heavy atom. The number of carbonyl (C=O) groups excluding carboxylic acids is 1. The lowest BCUT2D eigenvalue weighted by Crippen LogP contribution is -2.29. The van der Waals surface area contributed by atoms with Gasteiger partial charge in [-0.05, 0) is 23.3 Å². The van der Waals surface area contributed by atoms with Gasteiger partial charge < -0.3 is 5.32 Å². The monoisotopic (exact) mass is 403 g/mol. The van der Waals surface area contributed by atoms with Gasteiger partial charge in [-0.25, -0.2) is 0 Å². The SMILES string of the molecule is O=C(NCC(c1ccccc1)c1ccccc1)c1cccc(C(F)(F)F)c1Cl. The number of alkyl halides is 3. The van der Waals surface area contributed by atoms with E-state index in [0.717, 1.165) is 17.2 Å². The van der Waals surface area contributed by atoms with Crippen molar-refractivity contribution in [3.63, 3.8) is 0 Å². The number of nitrogens with one attached hydrogen (secondary N) is 1. The molecule has 3 aromatic carbocycles. The van der Waals surface area contributed by atoms with Crippen molar-refractivity contribution in [3.8, 4) is 0 Å². The molecule has 6 heteroatoms. The third-order valence-corrected chi connectivity index (χ3v) is 4.83. The Labute approximate surface area is 166 Å². The number of carbonyl (C=O) groups is 1. The molecular weight excluding hydrogens is 387 g/mol. The molecule has 28 heavy (non-hydrogen) atoms. The van der Waals surface area contributed by atoms with E-state index in [9.17, 15) is 18.0 Å². The Hall–Kier alpha value is -2.79. The minimum Gasteiger partial charge on any atom is -0.351 e. The fourth-order valence-corrected chi connectivity index (χ4v) is 3.33. The summed E-state index contributed by atoms with van der Waals surface area (Å²) in [5, 5.41) is 2.13. The van der Waals surface area contributed by atoms with Crippen molar-refractivity contribution in [1.29, 1.82) is 0 Å². The summed E-state index contributed by atoms with van der Waals surface area (Å²) in [5.41, 5.74) is 0.758. The molecule has 0 heterocycles. The largest absolute Gasteiger partial charge is 0.417 e. The summed E-state index contributed by atoms with van der Waals surface area (Å²) in [5.74, 6) is -0.788. The molecule has 3 rings (SSSR count). The van der Waals surface area contributed by atoms with Gasteiger partial charge in [0.15, 0.2) is 0 Å². The first kappa shape index (κ1) is 20.0. The minimum absolute atomic E-state index is 0.143. The maximum atomic E-state index is 13.0. The number of benzene rings is 3. The molecule has 0 saturated carbocycles. The van der Waals surface area contributed by atoms with Crippen LogP contribution < -0.4 is 5.32 Å². The van der Waals surface area contributed by atoms with E-state index in [1.54, 1.807) is 0 Å². The van der Waals surface area contributed by atoms with Crippen LogP contribution in [0.25, 0.3) is 0 Å². The number of amides is 1. The maximum absolute atomic E-state index is 13.0. The molecule has 0 bridgehead atoms. The molecule has 144 valence electrons. The Kier molecular flexibility index (Phi) is 6.05.